The summed E-state index contributed by atoms with van der Waals surface area (Å²) in [5, 5.41) is 40.6. The van der Waals surface area contributed by atoms with Crippen molar-refractivity contribution in [1.29, 1.82) is 0 Å². The first-order chi connectivity index (χ1) is 36.3. The van der Waals surface area contributed by atoms with Crippen molar-refractivity contribution in [1.82, 2.24) is 54.7 Å². The minimum atomic E-state index is -0.701. The number of carbonyl (C=O) groups excluding carboxylic acids is 2. The van der Waals surface area contributed by atoms with Crippen molar-refractivity contribution in [2.24, 2.45) is 23.3 Å². The van der Waals surface area contributed by atoms with E-state index in [0.29, 0.717) is 134 Å². The minimum Gasteiger partial charge on any atom is -0.508 e. The number of anilines is 3. The molecular weight excluding hydrogens is 961 g/mol. The molecule has 1 unspecified atom stereocenters. The van der Waals surface area contributed by atoms with E-state index in [1.165, 1.54) is 0 Å². The van der Waals surface area contributed by atoms with E-state index in [1.807, 2.05) is 28.9 Å². The van der Waals surface area contributed by atoms with Gasteiger partial charge in [0.05, 0.1) is 68.9 Å². The van der Waals surface area contributed by atoms with Crippen LogP contribution in [0.15, 0.2) is 60.9 Å². The summed E-state index contributed by atoms with van der Waals surface area (Å²) in [5.74, 6) is 4.01. The van der Waals surface area contributed by atoms with E-state index in [-0.39, 0.29) is 47.8 Å². The predicted molar refractivity (Wildman–Crippen MR) is 282 cm³/mol. The van der Waals surface area contributed by atoms with Gasteiger partial charge in [0.25, 0.3) is 0 Å². The average molecular weight is 1040 g/mol. The fourth-order valence-corrected chi connectivity index (χ4v) is 8.89. The number of aromatic nitrogens is 9. The van der Waals surface area contributed by atoms with Crippen LogP contribution >= 0.6 is 0 Å². The summed E-state index contributed by atoms with van der Waals surface area (Å²) in [7, 11) is 0. The first-order valence-corrected chi connectivity index (χ1v) is 26.0. The molecule has 5 aromatic rings. The topological polar surface area (TPSA) is 279 Å². The third kappa shape index (κ3) is 15.3. The smallest absolute Gasteiger partial charge is 0.247 e. The number of aromatic hydroxyl groups is 2. The Morgan fingerprint density at radius 2 is 1.17 bits per heavy atom. The van der Waals surface area contributed by atoms with E-state index >= 15 is 0 Å². The number of amides is 2. The van der Waals surface area contributed by atoms with Crippen LogP contribution in [0.2, 0.25) is 0 Å². The number of ether oxygens (including phenoxy) is 3. The predicted octanol–water partition coefficient (Wildman–Crippen LogP) is 2.92. The number of terminal acetylenes is 1. The normalized spacial score (nSPS) is 16.5. The molecule has 5 heterocycles. The molecule has 7 N–H and O–H groups in total. The zero-order valence-electron chi connectivity index (χ0n) is 43.7. The van der Waals surface area contributed by atoms with Crippen molar-refractivity contribution in [2.75, 3.05) is 114 Å². The van der Waals surface area contributed by atoms with Gasteiger partial charge in [-0.1, -0.05) is 81.1 Å². The van der Waals surface area contributed by atoms with Crippen LogP contribution in [0.4, 0.5) is 17.8 Å². The molecule has 2 saturated heterocycles. The highest BCUT2D eigenvalue weighted by Gasteiger charge is 2.35. The molecule has 3 aromatic heterocycles. The highest BCUT2D eigenvalue weighted by atomic mass is 16.5. The van der Waals surface area contributed by atoms with Crippen LogP contribution in [0, 0.1) is 24.2 Å². The maximum Gasteiger partial charge on any atom is 0.247 e. The lowest BCUT2D eigenvalue weighted by Crippen LogP contribution is -2.52. The van der Waals surface area contributed by atoms with Crippen molar-refractivity contribution in [3.05, 3.63) is 83.4 Å². The van der Waals surface area contributed by atoms with Crippen molar-refractivity contribution < 1.29 is 34.0 Å². The Labute approximate surface area is 438 Å². The molecule has 2 fully saturated rings. The molecule has 2 aliphatic heterocycles. The summed E-state index contributed by atoms with van der Waals surface area (Å²) in [6, 6.07) is 11.7. The molecule has 23 nitrogen and oxygen atoms in total. The number of phenols is 2. The van der Waals surface area contributed by atoms with E-state index in [9.17, 15) is 19.8 Å². The summed E-state index contributed by atoms with van der Waals surface area (Å²) in [5.41, 5.74) is 16.1. The molecule has 404 valence electrons. The third-order valence-electron chi connectivity index (χ3n) is 13.9. The van der Waals surface area contributed by atoms with E-state index in [2.05, 4.69) is 62.4 Å². The van der Waals surface area contributed by atoms with E-state index < -0.39 is 18.1 Å². The van der Waals surface area contributed by atoms with Gasteiger partial charge in [0.2, 0.25) is 29.7 Å². The number of nitrogens with zero attached hydrogens (tertiary/aromatic N) is 13. The number of rotatable bonds is 27. The van der Waals surface area contributed by atoms with Gasteiger partial charge in [-0.25, -0.2) is 9.36 Å². The van der Waals surface area contributed by atoms with Crippen LogP contribution < -0.4 is 26.6 Å². The molecule has 0 radical (unpaired) electrons. The number of hydrogen-bond donors (Lipinski definition) is 5. The van der Waals surface area contributed by atoms with Crippen LogP contribution in [0.1, 0.15) is 87.2 Å². The molecule has 23 heteroatoms. The Morgan fingerprint density at radius 3 is 1.75 bits per heavy atom. The van der Waals surface area contributed by atoms with Crippen LogP contribution in [0.3, 0.4) is 0 Å². The quantitative estimate of drug-likeness (QED) is 0.0373. The molecule has 2 aliphatic rings. The lowest BCUT2D eigenvalue weighted by Gasteiger charge is -2.38. The summed E-state index contributed by atoms with van der Waals surface area (Å²) in [6.45, 7) is 14.3. The maximum absolute atomic E-state index is 14.5. The number of hydrogen-bond acceptors (Lipinski definition) is 19. The second kappa shape index (κ2) is 27.5. The number of nitrogens with two attached hydrogens (primary N) is 2. The number of phenolic OH excluding ortho intramolecular Hbond substituents is 2. The first kappa shape index (κ1) is 55.8. The van der Waals surface area contributed by atoms with Crippen LogP contribution in [0.5, 0.6) is 11.5 Å². The fraction of sp³-hybridized carbons (Fsp3) is 0.558. The third-order valence-corrected chi connectivity index (χ3v) is 13.9. The number of nitrogens with one attached hydrogen (secondary N) is 1. The van der Waals surface area contributed by atoms with E-state index in [1.54, 1.807) is 58.2 Å². The van der Waals surface area contributed by atoms with Crippen LogP contribution in [-0.4, -0.2) is 175 Å². The number of piperazine rings is 2. The van der Waals surface area contributed by atoms with E-state index in [0.717, 1.165) is 24.0 Å². The summed E-state index contributed by atoms with van der Waals surface area (Å²) < 4.78 is 19.9. The monoisotopic (exact) mass is 1030 g/mol. The molecule has 7 rings (SSSR count). The molecule has 75 heavy (non-hydrogen) atoms. The molecular formula is C52H74N16O7. The Balaban J connectivity index is 1.02. The fourth-order valence-electron chi connectivity index (χ4n) is 8.89. The second-order valence-electron chi connectivity index (χ2n) is 19.1. The highest BCUT2D eigenvalue weighted by molar-refractivity contribution is 5.81. The SMILES string of the molecule is C#CCOCCOCCOCCNc1nc(N2CCN(C(=O)[C@H]([C@@H](C)CC)n3cc([C@@H](N)Cc4ccc(O)cc4)nn3)CC2)nc(N2CCN(C(=O)[C@H](Cc3ccc(O)cc3)n3cc([C@@H](N)C(C)CC)nn3)CC2)n1. The van der Waals surface area contributed by atoms with Crippen LogP contribution in [0.25, 0.3) is 0 Å². The number of carbonyl (C=O) groups is 2. The van der Waals surface area contributed by atoms with Gasteiger partial charge in [0, 0.05) is 65.3 Å². The lowest BCUT2D eigenvalue weighted by atomic mass is 9.97. The Bertz CT molecular complexity index is 2590. The standard InChI is InChI=1S/C52H74N16O7/c1-6-26-73-28-30-75-31-29-74-27-17-55-50-56-51(65-22-18-63(19-23-65)48(71)45(33-39-11-15-41(70)16-12-39)67-35-44(60-61-67)46(54)36(4)7-2)58-52(57-50)66-24-20-64(21-25-66)49(72)47(37(5)8-3)68-34-43(59-62-68)42(53)32-38-9-13-40(69)14-10-38/h1,9-16,34-37,42,45-47,69-70H,7-8,17-33,53-54H2,2-5H3,(H,55,56,57,58)/t36?,37-,42-,45-,46-,47-/m0/s1. The van der Waals surface area contributed by atoms with Gasteiger partial charge in [-0.05, 0) is 53.6 Å². The summed E-state index contributed by atoms with van der Waals surface area (Å²) >= 11 is 0. The molecule has 0 saturated carbocycles. The minimum absolute atomic E-state index is 0.0387. The van der Waals surface area contributed by atoms with Gasteiger partial charge >= 0.3 is 0 Å². The molecule has 0 spiro atoms. The first-order valence-electron chi connectivity index (χ1n) is 26.0. The van der Waals surface area contributed by atoms with Gasteiger partial charge in [-0.2, -0.15) is 15.0 Å². The molecule has 0 bridgehead atoms. The van der Waals surface area contributed by atoms with Gasteiger partial charge in [-0.3, -0.25) is 9.59 Å². The van der Waals surface area contributed by atoms with Crippen molar-refractivity contribution in [3.8, 4) is 23.8 Å². The zero-order chi connectivity index (χ0) is 53.3. The zero-order valence-corrected chi connectivity index (χ0v) is 43.7. The summed E-state index contributed by atoms with van der Waals surface area (Å²) in [4.78, 5) is 51.5. The van der Waals surface area contributed by atoms with Crippen molar-refractivity contribution >= 4 is 29.7 Å². The van der Waals surface area contributed by atoms with Crippen LogP contribution in [-0.2, 0) is 36.6 Å². The summed E-state index contributed by atoms with van der Waals surface area (Å²) in [6.07, 6.45) is 11.2. The Hall–Kier alpha value is -6.97. The van der Waals surface area contributed by atoms with Gasteiger partial charge in [0.1, 0.15) is 30.2 Å². The van der Waals surface area contributed by atoms with Gasteiger partial charge < -0.3 is 60.8 Å². The Kier molecular flexibility index (Phi) is 20.5. The largest absolute Gasteiger partial charge is 0.508 e. The highest BCUT2D eigenvalue weighted by Crippen LogP contribution is 2.28. The van der Waals surface area contributed by atoms with E-state index in [4.69, 9.17) is 47.1 Å². The van der Waals surface area contributed by atoms with Crippen molar-refractivity contribution in [3.63, 3.8) is 0 Å². The Morgan fingerprint density at radius 1 is 0.667 bits per heavy atom. The lowest BCUT2D eigenvalue weighted by molar-refractivity contribution is -0.137. The van der Waals surface area contributed by atoms with Gasteiger partial charge in [-0.15, -0.1) is 16.6 Å². The molecule has 0 aliphatic carbocycles. The maximum atomic E-state index is 14.5. The molecule has 6 atom stereocenters. The van der Waals surface area contributed by atoms with Crippen molar-refractivity contribution in [2.45, 2.75) is 77.5 Å². The second-order valence-corrected chi connectivity index (χ2v) is 19.1. The number of benzene rings is 2. The molecule has 2 aromatic carbocycles. The molecule has 2 amide bonds. The van der Waals surface area contributed by atoms with Gasteiger partial charge in [0.15, 0.2) is 0 Å². The average Bonchev–Trinajstić information content (AvgIpc) is 4.14.